The van der Waals surface area contributed by atoms with Crippen LogP contribution in [0.1, 0.15) is 16.9 Å². The lowest BCUT2D eigenvalue weighted by Gasteiger charge is -2.25. The molecule has 0 aliphatic heterocycles. The summed E-state index contributed by atoms with van der Waals surface area (Å²) in [6, 6.07) is 19.8. The first-order chi connectivity index (χ1) is 17.6. The van der Waals surface area contributed by atoms with Crippen LogP contribution < -0.4 is 19.7 Å². The molecule has 2 aromatic carbocycles. The predicted octanol–water partition coefficient (Wildman–Crippen LogP) is 5.32. The third kappa shape index (κ3) is 5.44. The molecule has 3 heterocycles. The largest absolute Gasteiger partial charge is 0.497 e. The Kier molecular flexibility index (Phi) is 7.03. The zero-order valence-corrected chi connectivity index (χ0v) is 21.5. The fourth-order valence-electron chi connectivity index (χ4n) is 3.82. The molecule has 0 aliphatic rings. The summed E-state index contributed by atoms with van der Waals surface area (Å²) in [6.07, 6.45) is 3.46. The molecule has 10 heteroatoms. The van der Waals surface area contributed by atoms with Crippen LogP contribution in [0.15, 0.2) is 82.1 Å². The second-order valence-corrected chi connectivity index (χ2v) is 8.89. The highest BCUT2D eigenvalue weighted by molar-refractivity contribution is 9.10. The summed E-state index contributed by atoms with van der Waals surface area (Å²) in [5.41, 5.74) is 2.86. The van der Waals surface area contributed by atoms with Crippen LogP contribution in [-0.4, -0.2) is 33.8 Å². The number of methoxy groups -OCH3 is 2. The van der Waals surface area contributed by atoms with Crippen molar-refractivity contribution in [2.45, 2.75) is 19.6 Å². The molecule has 0 bridgehead atoms. The van der Waals surface area contributed by atoms with Crippen molar-refractivity contribution in [3.05, 3.63) is 94.6 Å². The Balaban J connectivity index is 1.53. The smallest absolute Gasteiger partial charge is 0.243 e. The number of benzene rings is 2. The van der Waals surface area contributed by atoms with Crippen molar-refractivity contribution in [3.8, 4) is 11.5 Å². The lowest BCUT2D eigenvalue weighted by molar-refractivity contribution is 0.414. The van der Waals surface area contributed by atoms with Gasteiger partial charge in [-0.1, -0.05) is 24.3 Å². The van der Waals surface area contributed by atoms with Gasteiger partial charge in [0.05, 0.1) is 33.2 Å². The van der Waals surface area contributed by atoms with Gasteiger partial charge in [0.25, 0.3) is 0 Å². The number of furan rings is 1. The number of halogens is 1. The van der Waals surface area contributed by atoms with Crippen molar-refractivity contribution in [1.29, 1.82) is 0 Å². The maximum Gasteiger partial charge on any atom is 0.243 e. The van der Waals surface area contributed by atoms with E-state index in [4.69, 9.17) is 18.9 Å². The molecular formula is C26H25BrN6O3. The van der Waals surface area contributed by atoms with Gasteiger partial charge in [0, 0.05) is 13.1 Å². The van der Waals surface area contributed by atoms with Crippen LogP contribution in [0.5, 0.6) is 11.5 Å². The van der Waals surface area contributed by atoms with E-state index < -0.39 is 0 Å². The monoisotopic (exact) mass is 548 g/mol. The third-order valence-electron chi connectivity index (χ3n) is 5.64. The number of nitrogens with zero attached hydrogens (tertiary/aromatic N) is 5. The minimum Gasteiger partial charge on any atom is -0.497 e. The average Bonchev–Trinajstić information content (AvgIpc) is 3.56. The summed E-state index contributed by atoms with van der Waals surface area (Å²) in [5.74, 6) is 3.58. The lowest BCUT2D eigenvalue weighted by atomic mass is 10.1. The Morgan fingerprint density at radius 1 is 0.917 bits per heavy atom. The van der Waals surface area contributed by atoms with Gasteiger partial charge in [-0.25, -0.2) is 9.50 Å². The van der Waals surface area contributed by atoms with Crippen LogP contribution in [0.25, 0.3) is 5.65 Å². The minimum atomic E-state index is 0.463. The SMILES string of the molecule is COc1ccc(CN(Cc2ccc(OC)cc2)c2nc(NCc3ccco3)nn3cc(Br)nc23)cc1. The molecule has 5 aromatic rings. The Labute approximate surface area is 216 Å². The molecule has 0 aliphatic carbocycles. The number of anilines is 2. The quantitative estimate of drug-likeness (QED) is 0.251. The van der Waals surface area contributed by atoms with E-state index in [0.717, 1.165) is 28.4 Å². The van der Waals surface area contributed by atoms with E-state index in [2.05, 4.69) is 60.5 Å². The maximum atomic E-state index is 5.44. The topological polar surface area (TPSA) is 90.0 Å². The van der Waals surface area contributed by atoms with E-state index in [-0.39, 0.29) is 0 Å². The first kappa shape index (κ1) is 23.7. The highest BCUT2D eigenvalue weighted by Gasteiger charge is 2.19. The Hall–Kier alpha value is -4.05. The molecule has 36 heavy (non-hydrogen) atoms. The minimum absolute atomic E-state index is 0.463. The molecule has 5 rings (SSSR count). The van der Waals surface area contributed by atoms with Crippen LogP contribution in [0.3, 0.4) is 0 Å². The molecule has 0 amide bonds. The molecule has 0 saturated heterocycles. The van der Waals surface area contributed by atoms with Crippen LogP contribution in [0.2, 0.25) is 0 Å². The second-order valence-electron chi connectivity index (χ2n) is 8.08. The van der Waals surface area contributed by atoms with Crippen LogP contribution in [0.4, 0.5) is 11.8 Å². The molecule has 3 aromatic heterocycles. The summed E-state index contributed by atoms with van der Waals surface area (Å²) >= 11 is 3.49. The fourth-order valence-corrected chi connectivity index (χ4v) is 4.18. The van der Waals surface area contributed by atoms with Crippen molar-refractivity contribution < 1.29 is 13.9 Å². The van der Waals surface area contributed by atoms with Crippen LogP contribution in [-0.2, 0) is 19.6 Å². The summed E-state index contributed by atoms with van der Waals surface area (Å²) in [5, 5.41) is 7.86. The van der Waals surface area contributed by atoms with Gasteiger partial charge in [0.15, 0.2) is 11.5 Å². The predicted molar refractivity (Wildman–Crippen MR) is 140 cm³/mol. The van der Waals surface area contributed by atoms with Crippen LogP contribution >= 0.6 is 15.9 Å². The van der Waals surface area contributed by atoms with E-state index in [9.17, 15) is 0 Å². The van der Waals surface area contributed by atoms with Gasteiger partial charge in [-0.05, 0) is 63.5 Å². The maximum absolute atomic E-state index is 5.44. The Morgan fingerprint density at radius 2 is 1.56 bits per heavy atom. The molecule has 0 radical (unpaired) electrons. The Bertz CT molecular complexity index is 1370. The van der Waals surface area contributed by atoms with Crippen LogP contribution in [0, 0.1) is 0 Å². The van der Waals surface area contributed by atoms with Crippen molar-refractivity contribution in [3.63, 3.8) is 0 Å². The number of aromatic nitrogens is 4. The molecule has 0 fully saturated rings. The van der Waals surface area contributed by atoms with Crippen molar-refractivity contribution in [2.24, 2.45) is 0 Å². The summed E-state index contributed by atoms with van der Waals surface area (Å²) in [6.45, 7) is 1.67. The molecule has 1 N–H and O–H groups in total. The standard InChI is InChI=1S/C26H25BrN6O3/c1-34-20-9-5-18(6-10-20)15-32(16-19-7-11-21(35-2)12-8-19)24-25-29-23(27)17-33(25)31-26(30-24)28-14-22-4-3-13-36-22/h3-13,17H,14-16H2,1-2H3,(H,28,31). The summed E-state index contributed by atoms with van der Waals surface area (Å²) in [7, 11) is 3.33. The van der Waals surface area contributed by atoms with Crippen molar-refractivity contribution in [2.75, 3.05) is 24.4 Å². The summed E-state index contributed by atoms with van der Waals surface area (Å²) in [4.78, 5) is 11.7. The molecule has 0 spiro atoms. The molecule has 0 saturated carbocycles. The number of fused-ring (bicyclic) bond motifs is 1. The van der Waals surface area contributed by atoms with Crippen molar-refractivity contribution >= 4 is 33.3 Å². The van der Waals surface area contributed by atoms with Gasteiger partial charge >= 0.3 is 0 Å². The highest BCUT2D eigenvalue weighted by atomic mass is 79.9. The number of rotatable bonds is 10. The normalized spacial score (nSPS) is 11.0. The van der Waals surface area contributed by atoms with Gasteiger partial charge in [0.2, 0.25) is 5.95 Å². The number of ether oxygens (including phenoxy) is 2. The van der Waals surface area contributed by atoms with Gasteiger partial charge in [-0.3, -0.25) is 0 Å². The molecule has 9 nitrogen and oxygen atoms in total. The highest BCUT2D eigenvalue weighted by Crippen LogP contribution is 2.27. The lowest BCUT2D eigenvalue weighted by Crippen LogP contribution is -2.25. The summed E-state index contributed by atoms with van der Waals surface area (Å²) < 4.78 is 18.5. The number of hydrogen-bond donors (Lipinski definition) is 1. The second kappa shape index (κ2) is 10.7. The average molecular weight is 549 g/mol. The number of nitrogens with one attached hydrogen (secondary N) is 1. The molecule has 0 atom stereocenters. The van der Waals surface area contributed by atoms with E-state index in [0.29, 0.717) is 41.7 Å². The van der Waals surface area contributed by atoms with E-state index in [1.807, 2.05) is 42.6 Å². The zero-order chi connectivity index (χ0) is 24.9. The molecule has 184 valence electrons. The van der Waals surface area contributed by atoms with Crippen molar-refractivity contribution in [1.82, 2.24) is 19.6 Å². The van der Waals surface area contributed by atoms with Gasteiger partial charge in [0.1, 0.15) is 21.9 Å². The van der Waals surface area contributed by atoms with E-state index in [1.54, 1.807) is 25.0 Å². The number of hydrogen-bond acceptors (Lipinski definition) is 8. The van der Waals surface area contributed by atoms with Gasteiger partial charge < -0.3 is 24.1 Å². The first-order valence-electron chi connectivity index (χ1n) is 11.3. The van der Waals surface area contributed by atoms with E-state index in [1.165, 1.54) is 0 Å². The molecular weight excluding hydrogens is 524 g/mol. The number of imidazole rings is 1. The third-order valence-corrected chi connectivity index (χ3v) is 6.02. The zero-order valence-electron chi connectivity index (χ0n) is 19.9. The first-order valence-corrected chi connectivity index (χ1v) is 12.1. The fraction of sp³-hybridized carbons (Fsp3) is 0.192. The Morgan fingerprint density at radius 3 is 2.11 bits per heavy atom. The van der Waals surface area contributed by atoms with Gasteiger partial charge in [-0.15, -0.1) is 5.10 Å². The molecule has 0 unspecified atom stereocenters. The van der Waals surface area contributed by atoms with E-state index >= 15 is 0 Å². The van der Waals surface area contributed by atoms with Gasteiger partial charge in [-0.2, -0.15) is 4.98 Å².